The van der Waals surface area contributed by atoms with E-state index < -0.39 is 0 Å². The molecule has 12 rings (SSSR count). The zero-order valence-corrected chi connectivity index (χ0v) is 31.2. The van der Waals surface area contributed by atoms with Crippen LogP contribution in [0.3, 0.4) is 0 Å². The third-order valence-corrected chi connectivity index (χ3v) is 12.2. The number of nitrogens with zero attached hydrogens (tertiary/aromatic N) is 4. The molecule has 0 N–H and O–H groups in total. The maximum absolute atomic E-state index is 6.63. The third-order valence-electron chi connectivity index (χ3n) is 11.1. The Balaban J connectivity index is 0.997. The van der Waals surface area contributed by atoms with Gasteiger partial charge in [0.15, 0.2) is 17.5 Å². The lowest BCUT2D eigenvalue weighted by atomic mass is 9.97. The Labute approximate surface area is 330 Å². The molecule has 0 amide bonds. The molecule has 57 heavy (non-hydrogen) atoms. The number of hydrogen-bond donors (Lipinski definition) is 0. The van der Waals surface area contributed by atoms with Gasteiger partial charge < -0.3 is 8.98 Å². The van der Waals surface area contributed by atoms with Crippen LogP contribution < -0.4 is 0 Å². The van der Waals surface area contributed by atoms with Gasteiger partial charge in [0.1, 0.15) is 11.2 Å². The fraction of sp³-hybridized carbons (Fsp3) is 0. The molecule has 266 valence electrons. The molecule has 0 aliphatic rings. The lowest BCUT2D eigenvalue weighted by Crippen LogP contribution is -2.00. The highest BCUT2D eigenvalue weighted by Crippen LogP contribution is 2.44. The zero-order valence-electron chi connectivity index (χ0n) is 30.4. The van der Waals surface area contributed by atoms with E-state index in [1.165, 1.54) is 36.6 Å². The molecule has 0 atom stereocenters. The molecule has 0 aliphatic heterocycles. The molecule has 0 saturated heterocycles. The summed E-state index contributed by atoms with van der Waals surface area (Å²) < 4.78 is 11.4. The molecule has 4 heterocycles. The van der Waals surface area contributed by atoms with Crippen molar-refractivity contribution in [3.05, 3.63) is 182 Å². The van der Waals surface area contributed by atoms with Crippen LogP contribution in [0.4, 0.5) is 0 Å². The van der Waals surface area contributed by atoms with Crippen LogP contribution in [0.25, 0.3) is 115 Å². The first-order chi connectivity index (χ1) is 28.2. The Morgan fingerprint density at radius 2 is 1.00 bits per heavy atom. The Morgan fingerprint density at radius 1 is 0.386 bits per heavy atom. The quantitative estimate of drug-likeness (QED) is 0.176. The summed E-state index contributed by atoms with van der Waals surface area (Å²) >= 11 is 1.80. The highest BCUT2D eigenvalue weighted by atomic mass is 32.1. The molecular weight excluding hydrogens is 717 g/mol. The second-order valence-corrected chi connectivity index (χ2v) is 15.4. The molecule has 4 aromatic heterocycles. The van der Waals surface area contributed by atoms with Crippen molar-refractivity contribution in [3.63, 3.8) is 0 Å². The zero-order chi connectivity index (χ0) is 37.5. The predicted molar refractivity (Wildman–Crippen MR) is 236 cm³/mol. The Morgan fingerprint density at radius 3 is 1.72 bits per heavy atom. The SMILES string of the molecule is c1ccc(-c2nc(-c3ccccc3)nc(-c3cccc4sc5cc(-c6cccc7oc8cc(-n9c%10ccccc%10c%10ccccc%109)ccc8c67)ccc5c34)n2)cc1. The van der Waals surface area contributed by atoms with Gasteiger partial charge in [-0.05, 0) is 53.6 Å². The van der Waals surface area contributed by atoms with Crippen LogP contribution >= 0.6 is 11.3 Å². The first-order valence-electron chi connectivity index (χ1n) is 19.0. The minimum absolute atomic E-state index is 0.654. The molecule has 6 heteroatoms. The number of fused-ring (bicyclic) bond motifs is 9. The first-order valence-corrected chi connectivity index (χ1v) is 19.8. The Bertz CT molecular complexity index is 3420. The minimum atomic E-state index is 0.654. The van der Waals surface area contributed by atoms with Crippen LogP contribution in [0.1, 0.15) is 0 Å². The molecule has 0 unspecified atom stereocenters. The van der Waals surface area contributed by atoms with Crippen LogP contribution in [0.15, 0.2) is 186 Å². The van der Waals surface area contributed by atoms with E-state index in [9.17, 15) is 0 Å². The minimum Gasteiger partial charge on any atom is -0.456 e. The van der Waals surface area contributed by atoms with Gasteiger partial charge in [-0.25, -0.2) is 15.0 Å². The summed E-state index contributed by atoms with van der Waals surface area (Å²) in [5, 5.41) is 7.03. The van der Waals surface area contributed by atoms with Crippen molar-refractivity contribution in [2.45, 2.75) is 0 Å². The van der Waals surface area contributed by atoms with Gasteiger partial charge in [0.25, 0.3) is 0 Å². The molecule has 8 aromatic carbocycles. The van der Waals surface area contributed by atoms with E-state index in [0.717, 1.165) is 60.8 Å². The molecular formula is C51H30N4OS. The second kappa shape index (κ2) is 12.6. The summed E-state index contributed by atoms with van der Waals surface area (Å²) in [5.74, 6) is 1.97. The highest BCUT2D eigenvalue weighted by Gasteiger charge is 2.20. The van der Waals surface area contributed by atoms with Gasteiger partial charge in [0.2, 0.25) is 0 Å². The number of hydrogen-bond acceptors (Lipinski definition) is 5. The molecule has 0 aliphatic carbocycles. The van der Waals surface area contributed by atoms with E-state index in [1.54, 1.807) is 11.3 Å². The summed E-state index contributed by atoms with van der Waals surface area (Å²) in [5.41, 5.74) is 10.4. The average Bonchev–Trinajstić information content (AvgIpc) is 3.96. The van der Waals surface area contributed by atoms with Crippen molar-refractivity contribution in [3.8, 4) is 51.0 Å². The van der Waals surface area contributed by atoms with Crippen molar-refractivity contribution in [1.82, 2.24) is 19.5 Å². The Hall–Kier alpha value is -7.41. The van der Waals surface area contributed by atoms with Gasteiger partial charge in [-0.15, -0.1) is 11.3 Å². The van der Waals surface area contributed by atoms with Crippen molar-refractivity contribution in [2.24, 2.45) is 0 Å². The fourth-order valence-corrected chi connectivity index (χ4v) is 9.67. The number of furan rings is 1. The molecule has 0 fully saturated rings. The second-order valence-electron chi connectivity index (χ2n) is 14.4. The van der Waals surface area contributed by atoms with E-state index in [4.69, 9.17) is 19.4 Å². The number of rotatable bonds is 5. The predicted octanol–water partition coefficient (Wildman–Crippen LogP) is 13.9. The Kier molecular flexibility index (Phi) is 7.03. The third kappa shape index (κ3) is 5.04. The monoisotopic (exact) mass is 746 g/mol. The molecule has 12 aromatic rings. The topological polar surface area (TPSA) is 56.7 Å². The number of para-hydroxylation sites is 2. The lowest BCUT2D eigenvalue weighted by Gasteiger charge is -2.09. The molecule has 0 radical (unpaired) electrons. The maximum atomic E-state index is 6.63. The van der Waals surface area contributed by atoms with E-state index >= 15 is 0 Å². The smallest absolute Gasteiger partial charge is 0.164 e. The van der Waals surface area contributed by atoms with Crippen LogP contribution in [0.2, 0.25) is 0 Å². The van der Waals surface area contributed by atoms with Gasteiger partial charge >= 0.3 is 0 Å². The van der Waals surface area contributed by atoms with Crippen molar-refractivity contribution >= 4 is 75.3 Å². The van der Waals surface area contributed by atoms with Crippen molar-refractivity contribution in [2.75, 3.05) is 0 Å². The first kappa shape index (κ1) is 31.9. The van der Waals surface area contributed by atoms with E-state index in [0.29, 0.717) is 17.5 Å². The van der Waals surface area contributed by atoms with E-state index in [-0.39, 0.29) is 0 Å². The van der Waals surface area contributed by atoms with Gasteiger partial charge in [-0.3, -0.25) is 0 Å². The van der Waals surface area contributed by atoms with Gasteiger partial charge in [0, 0.05) is 70.2 Å². The highest BCUT2D eigenvalue weighted by molar-refractivity contribution is 7.26. The van der Waals surface area contributed by atoms with Gasteiger partial charge in [0.05, 0.1) is 11.0 Å². The lowest BCUT2D eigenvalue weighted by molar-refractivity contribution is 0.668. The van der Waals surface area contributed by atoms with Crippen LogP contribution in [0, 0.1) is 0 Å². The van der Waals surface area contributed by atoms with Crippen molar-refractivity contribution < 1.29 is 4.42 Å². The average molecular weight is 747 g/mol. The largest absolute Gasteiger partial charge is 0.456 e. The fourth-order valence-electron chi connectivity index (χ4n) is 8.50. The van der Waals surface area contributed by atoms with Gasteiger partial charge in [-0.2, -0.15) is 0 Å². The molecule has 0 bridgehead atoms. The molecule has 0 saturated carbocycles. The van der Waals surface area contributed by atoms with E-state index in [2.05, 4.69) is 126 Å². The van der Waals surface area contributed by atoms with Gasteiger partial charge in [-0.1, -0.05) is 133 Å². The summed E-state index contributed by atoms with van der Waals surface area (Å²) in [7, 11) is 0. The number of benzene rings is 8. The summed E-state index contributed by atoms with van der Waals surface area (Å²) in [6.45, 7) is 0. The number of thiophene rings is 1. The van der Waals surface area contributed by atoms with Crippen LogP contribution in [-0.2, 0) is 0 Å². The molecule has 0 spiro atoms. The van der Waals surface area contributed by atoms with Crippen LogP contribution in [-0.4, -0.2) is 19.5 Å². The normalized spacial score (nSPS) is 11.9. The summed E-state index contributed by atoms with van der Waals surface area (Å²) in [4.78, 5) is 15.1. The van der Waals surface area contributed by atoms with Crippen LogP contribution in [0.5, 0.6) is 0 Å². The molecule has 5 nitrogen and oxygen atoms in total. The summed E-state index contributed by atoms with van der Waals surface area (Å²) in [6, 6.07) is 63.7. The maximum Gasteiger partial charge on any atom is 0.164 e. The number of aromatic nitrogens is 4. The van der Waals surface area contributed by atoms with Crippen molar-refractivity contribution in [1.29, 1.82) is 0 Å². The standard InChI is InChI=1S/C51H30N4OS/c1-3-13-31(14-4-1)49-52-50(32-15-5-2-6-16-32)54-51(53-49)40-20-12-24-45-48(40)39-27-25-33(29-46(39)57-45)35-19-11-23-43-47(35)38-28-26-34(30-44(38)56-43)55-41-21-9-7-17-36(41)37-18-8-10-22-42(37)55/h1-30H. The summed E-state index contributed by atoms with van der Waals surface area (Å²) in [6.07, 6.45) is 0. The van der Waals surface area contributed by atoms with E-state index in [1.807, 2.05) is 60.7 Å².